The van der Waals surface area contributed by atoms with E-state index in [1.165, 1.54) is 0 Å². The van der Waals surface area contributed by atoms with E-state index in [1.807, 2.05) is 43.0 Å². The van der Waals surface area contributed by atoms with E-state index in [1.54, 1.807) is 18.3 Å². The van der Waals surface area contributed by atoms with Crippen molar-refractivity contribution in [2.75, 3.05) is 31.1 Å². The number of anilines is 1. The van der Waals surface area contributed by atoms with Crippen molar-refractivity contribution in [2.24, 2.45) is 0 Å². The maximum Gasteiger partial charge on any atom is 0.228 e. The number of aryl methyl sites for hydroxylation is 2. The summed E-state index contributed by atoms with van der Waals surface area (Å²) in [7, 11) is 0. The van der Waals surface area contributed by atoms with E-state index in [0.717, 1.165) is 53.0 Å². The minimum atomic E-state index is 0.0792. The number of ketones is 1. The van der Waals surface area contributed by atoms with E-state index in [2.05, 4.69) is 9.88 Å². The molecule has 1 aromatic heterocycles. The van der Waals surface area contributed by atoms with Crippen molar-refractivity contribution in [3.63, 3.8) is 0 Å². The highest BCUT2D eigenvalue weighted by molar-refractivity contribution is 7.11. The average molecular weight is 357 g/mol. The lowest BCUT2D eigenvalue weighted by atomic mass is 10.1. The van der Waals surface area contributed by atoms with Crippen molar-refractivity contribution in [3.8, 4) is 0 Å². The quantitative estimate of drug-likeness (QED) is 0.790. The number of rotatable bonds is 4. The van der Waals surface area contributed by atoms with Gasteiger partial charge in [-0.1, -0.05) is 0 Å². The van der Waals surface area contributed by atoms with Crippen LogP contribution in [0.3, 0.4) is 0 Å². The molecule has 5 nitrogen and oxygen atoms in total. The van der Waals surface area contributed by atoms with Crippen molar-refractivity contribution in [1.82, 2.24) is 9.88 Å². The van der Waals surface area contributed by atoms with Crippen LogP contribution in [-0.4, -0.2) is 47.8 Å². The van der Waals surface area contributed by atoms with Crippen LogP contribution in [0.4, 0.5) is 5.69 Å². The number of benzene rings is 1. The fraction of sp³-hybridized carbons (Fsp3) is 0.421. The van der Waals surface area contributed by atoms with Crippen LogP contribution < -0.4 is 4.90 Å². The smallest absolute Gasteiger partial charge is 0.228 e. The van der Waals surface area contributed by atoms with Crippen molar-refractivity contribution in [3.05, 3.63) is 45.4 Å². The van der Waals surface area contributed by atoms with Gasteiger partial charge in [-0.2, -0.15) is 0 Å². The van der Waals surface area contributed by atoms with E-state index in [-0.39, 0.29) is 11.7 Å². The van der Waals surface area contributed by atoms with Crippen LogP contribution in [0, 0.1) is 13.8 Å². The molecule has 0 unspecified atom stereocenters. The van der Waals surface area contributed by atoms with Crippen LogP contribution in [0.25, 0.3) is 0 Å². The molecule has 2 aromatic rings. The molecule has 6 heteroatoms. The highest BCUT2D eigenvalue weighted by Gasteiger charge is 2.22. The Hall–Kier alpha value is -2.21. The zero-order valence-corrected chi connectivity index (χ0v) is 15.7. The van der Waals surface area contributed by atoms with E-state index in [9.17, 15) is 9.59 Å². The molecule has 1 amide bonds. The second kappa shape index (κ2) is 7.35. The van der Waals surface area contributed by atoms with Crippen molar-refractivity contribution in [2.45, 2.75) is 27.2 Å². The average Bonchev–Trinajstić information content (AvgIpc) is 2.92. The lowest BCUT2D eigenvalue weighted by Gasteiger charge is -2.36. The molecule has 0 N–H and O–H groups in total. The SMILES string of the molecule is CC(=O)c1ccc(N2CCN(C(=O)Cc3sc(C)nc3C)CC2)cc1. The summed E-state index contributed by atoms with van der Waals surface area (Å²) in [5.74, 6) is 0.258. The number of aromatic nitrogens is 1. The van der Waals surface area contributed by atoms with Gasteiger partial charge in [0.2, 0.25) is 5.91 Å². The fourth-order valence-electron chi connectivity index (χ4n) is 3.11. The monoisotopic (exact) mass is 357 g/mol. The molecule has 1 fully saturated rings. The number of hydrogen-bond acceptors (Lipinski definition) is 5. The third-order valence-corrected chi connectivity index (χ3v) is 5.66. The first-order valence-electron chi connectivity index (χ1n) is 8.50. The van der Waals surface area contributed by atoms with Gasteiger partial charge in [0.05, 0.1) is 17.1 Å². The molecule has 0 atom stereocenters. The summed E-state index contributed by atoms with van der Waals surface area (Å²) in [6.45, 7) is 8.59. The summed E-state index contributed by atoms with van der Waals surface area (Å²) < 4.78 is 0. The summed E-state index contributed by atoms with van der Waals surface area (Å²) in [6, 6.07) is 7.70. The Kier molecular flexibility index (Phi) is 5.18. The second-order valence-electron chi connectivity index (χ2n) is 6.39. The first-order chi connectivity index (χ1) is 11.9. The van der Waals surface area contributed by atoms with Crippen molar-refractivity contribution >= 4 is 28.7 Å². The fourth-order valence-corrected chi connectivity index (χ4v) is 4.04. The Morgan fingerprint density at radius 3 is 2.24 bits per heavy atom. The van der Waals surface area contributed by atoms with Gasteiger partial charge in [0.25, 0.3) is 0 Å². The Bertz CT molecular complexity index is 774. The van der Waals surface area contributed by atoms with Gasteiger partial charge in [0, 0.05) is 42.3 Å². The second-order valence-corrected chi connectivity index (χ2v) is 7.68. The number of thiazole rings is 1. The summed E-state index contributed by atoms with van der Waals surface area (Å²) in [6.07, 6.45) is 0.449. The highest BCUT2D eigenvalue weighted by atomic mass is 32.1. The predicted molar refractivity (Wildman–Crippen MR) is 101 cm³/mol. The van der Waals surface area contributed by atoms with E-state index >= 15 is 0 Å². The van der Waals surface area contributed by atoms with Gasteiger partial charge >= 0.3 is 0 Å². The van der Waals surface area contributed by atoms with E-state index in [0.29, 0.717) is 6.42 Å². The minimum absolute atomic E-state index is 0.0792. The lowest BCUT2D eigenvalue weighted by Crippen LogP contribution is -2.49. The van der Waals surface area contributed by atoms with Gasteiger partial charge in [-0.25, -0.2) is 4.98 Å². The molecule has 2 heterocycles. The number of amides is 1. The third kappa shape index (κ3) is 4.07. The largest absolute Gasteiger partial charge is 0.368 e. The normalized spacial score (nSPS) is 14.7. The molecular formula is C19H23N3O2S. The molecular weight excluding hydrogens is 334 g/mol. The minimum Gasteiger partial charge on any atom is -0.368 e. The maximum atomic E-state index is 12.5. The number of carbonyl (C=O) groups excluding carboxylic acids is 2. The number of carbonyl (C=O) groups is 2. The molecule has 0 radical (unpaired) electrons. The first-order valence-corrected chi connectivity index (χ1v) is 9.32. The van der Waals surface area contributed by atoms with Gasteiger partial charge in [-0.3, -0.25) is 9.59 Å². The van der Waals surface area contributed by atoms with Crippen molar-refractivity contribution < 1.29 is 9.59 Å². The number of nitrogens with zero attached hydrogens (tertiary/aromatic N) is 3. The van der Waals surface area contributed by atoms with Gasteiger partial charge < -0.3 is 9.80 Å². The summed E-state index contributed by atoms with van der Waals surface area (Å²) >= 11 is 1.61. The molecule has 1 aliphatic heterocycles. The summed E-state index contributed by atoms with van der Waals surface area (Å²) in [4.78, 5) is 33.6. The van der Waals surface area contributed by atoms with E-state index < -0.39 is 0 Å². The van der Waals surface area contributed by atoms with Gasteiger partial charge in [0.15, 0.2) is 5.78 Å². The van der Waals surface area contributed by atoms with Gasteiger partial charge in [0.1, 0.15) is 0 Å². The Balaban J connectivity index is 1.57. The van der Waals surface area contributed by atoms with Crippen LogP contribution in [0.15, 0.2) is 24.3 Å². The van der Waals surface area contributed by atoms with Gasteiger partial charge in [-0.05, 0) is 45.0 Å². The molecule has 132 valence electrons. The van der Waals surface area contributed by atoms with Crippen LogP contribution in [0.1, 0.15) is 32.9 Å². The molecule has 0 bridgehead atoms. The van der Waals surface area contributed by atoms with Crippen LogP contribution >= 0.6 is 11.3 Å². The maximum absolute atomic E-state index is 12.5. The standard InChI is InChI=1S/C19H23N3O2S/c1-13-18(25-15(3)20-13)12-19(24)22-10-8-21(9-11-22)17-6-4-16(5-7-17)14(2)23/h4-7H,8-12H2,1-3H3. The predicted octanol–water partition coefficient (Wildman–Crippen LogP) is 2.85. The van der Waals surface area contributed by atoms with Crippen LogP contribution in [0.2, 0.25) is 0 Å². The topological polar surface area (TPSA) is 53.5 Å². The Morgan fingerprint density at radius 1 is 1.08 bits per heavy atom. The zero-order valence-electron chi connectivity index (χ0n) is 14.9. The molecule has 0 spiro atoms. The Morgan fingerprint density at radius 2 is 1.72 bits per heavy atom. The summed E-state index contributed by atoms with van der Waals surface area (Å²) in [5.41, 5.74) is 2.80. The third-order valence-electron chi connectivity index (χ3n) is 4.58. The van der Waals surface area contributed by atoms with Crippen LogP contribution in [0.5, 0.6) is 0 Å². The molecule has 25 heavy (non-hydrogen) atoms. The Labute approximate surface area is 152 Å². The molecule has 0 saturated carbocycles. The molecule has 1 aromatic carbocycles. The molecule has 0 aliphatic carbocycles. The summed E-state index contributed by atoms with van der Waals surface area (Å²) in [5, 5.41) is 1.01. The highest BCUT2D eigenvalue weighted by Crippen LogP contribution is 2.20. The first kappa shape index (κ1) is 17.6. The molecule has 3 rings (SSSR count). The number of Topliss-reactive ketones (excluding diaryl/α,β-unsaturated/α-hetero) is 1. The number of piperazine rings is 1. The van der Waals surface area contributed by atoms with E-state index in [4.69, 9.17) is 0 Å². The van der Waals surface area contributed by atoms with Crippen molar-refractivity contribution in [1.29, 1.82) is 0 Å². The van der Waals surface area contributed by atoms with Gasteiger partial charge in [-0.15, -0.1) is 11.3 Å². The molecule has 1 saturated heterocycles. The zero-order chi connectivity index (χ0) is 18.0. The van der Waals surface area contributed by atoms with Crippen LogP contribution in [-0.2, 0) is 11.2 Å². The number of hydrogen-bond donors (Lipinski definition) is 0. The molecule has 1 aliphatic rings. The lowest BCUT2D eigenvalue weighted by molar-refractivity contribution is -0.130.